The van der Waals surface area contributed by atoms with Crippen LogP contribution in [0.1, 0.15) is 76.2 Å². The maximum atomic E-state index is 13.0. The van der Waals surface area contributed by atoms with Crippen LogP contribution in [0.3, 0.4) is 0 Å². The van der Waals surface area contributed by atoms with Crippen molar-refractivity contribution < 1.29 is 31.1 Å². The minimum atomic E-state index is -4.93. The molecule has 10 nitrogen and oxygen atoms in total. The number of azo groups is 1. The van der Waals surface area contributed by atoms with Gasteiger partial charge in [0.1, 0.15) is 11.3 Å². The van der Waals surface area contributed by atoms with Gasteiger partial charge < -0.3 is 9.64 Å². The maximum absolute atomic E-state index is 13.0. The van der Waals surface area contributed by atoms with Crippen molar-refractivity contribution in [3.05, 3.63) is 22.7 Å². The number of halogens is 3. The summed E-state index contributed by atoms with van der Waals surface area (Å²) in [5.41, 5.74) is 0.764. The Balaban J connectivity index is 2.03. The van der Waals surface area contributed by atoms with Crippen molar-refractivity contribution in [2.24, 2.45) is 10.2 Å². The number of nitrogens with one attached hydrogen (secondary N) is 1. The van der Waals surface area contributed by atoms with Gasteiger partial charge >= 0.3 is 12.1 Å². The van der Waals surface area contributed by atoms with E-state index < -0.39 is 33.5 Å². The number of nitrogens with zero attached hydrogens (tertiary/aromatic N) is 5. The van der Waals surface area contributed by atoms with Gasteiger partial charge in [0.15, 0.2) is 5.75 Å². The third kappa shape index (κ3) is 8.34. The number of aryl methyl sites for hydroxylation is 1. The molecule has 0 amide bonds. The Bertz CT molecular complexity index is 1320. The summed E-state index contributed by atoms with van der Waals surface area (Å²) in [6.45, 7) is 11.3. The van der Waals surface area contributed by atoms with Crippen LogP contribution in [-0.4, -0.2) is 54.2 Å². The first-order valence-electron chi connectivity index (χ1n) is 12.5. The molecule has 1 aliphatic heterocycles. The van der Waals surface area contributed by atoms with Crippen molar-refractivity contribution in [1.82, 2.24) is 10.2 Å². The molecule has 1 aliphatic rings. The molecule has 0 saturated carbocycles. The van der Waals surface area contributed by atoms with Crippen molar-refractivity contribution in [3.8, 4) is 0 Å². The van der Waals surface area contributed by atoms with Gasteiger partial charge in [-0.3, -0.25) is 4.72 Å². The second-order valence-corrected chi connectivity index (χ2v) is 13.0. The average molecular weight is 591 g/mol. The third-order valence-electron chi connectivity index (χ3n) is 5.97. The number of anilines is 2. The number of ether oxygens (including phenoxy) is 1. The largest absolute Gasteiger partial charge is 0.455 e. The summed E-state index contributed by atoms with van der Waals surface area (Å²) in [6, 6.07) is 3.47. The van der Waals surface area contributed by atoms with Gasteiger partial charge in [-0.15, -0.1) is 20.4 Å². The van der Waals surface area contributed by atoms with Gasteiger partial charge in [-0.25, -0.2) is 13.2 Å². The highest BCUT2D eigenvalue weighted by molar-refractivity contribution is 7.92. The van der Waals surface area contributed by atoms with E-state index in [0.717, 1.165) is 41.9 Å². The van der Waals surface area contributed by atoms with Crippen LogP contribution >= 0.6 is 11.3 Å². The molecule has 1 aromatic carbocycles. The number of hydrogen-bond donors (Lipinski definition) is 1. The zero-order valence-corrected chi connectivity index (χ0v) is 24.3. The van der Waals surface area contributed by atoms with E-state index in [1.54, 1.807) is 26.8 Å². The molecule has 2 aromatic rings. The molecule has 2 heterocycles. The van der Waals surface area contributed by atoms with Gasteiger partial charge in [-0.1, -0.05) is 25.2 Å². The molecular weight excluding hydrogens is 557 g/mol. The zero-order chi connectivity index (χ0) is 29.2. The predicted molar refractivity (Wildman–Crippen MR) is 144 cm³/mol. The lowest BCUT2D eigenvalue weighted by atomic mass is 9.92. The summed E-state index contributed by atoms with van der Waals surface area (Å²) in [4.78, 5) is 14.4. The van der Waals surface area contributed by atoms with E-state index >= 15 is 0 Å². The van der Waals surface area contributed by atoms with Crippen molar-refractivity contribution in [2.75, 3.05) is 15.4 Å². The smallest absolute Gasteiger partial charge is 0.404 e. The molecule has 3 rings (SSSR count). The first-order chi connectivity index (χ1) is 18.0. The monoisotopic (exact) mass is 590 g/mol. The van der Waals surface area contributed by atoms with Crippen LogP contribution in [0.2, 0.25) is 0 Å². The number of fused-ring (bicyclic) bond motifs is 1. The second kappa shape index (κ2) is 11.7. The number of sulfonamides is 1. The first kappa shape index (κ1) is 30.7. The van der Waals surface area contributed by atoms with Gasteiger partial charge in [-0.05, 0) is 71.1 Å². The molecule has 0 fully saturated rings. The van der Waals surface area contributed by atoms with E-state index in [4.69, 9.17) is 4.74 Å². The SMILES string of the molecule is CCC(CC)N1c2cc(NS(=O)(=O)CC(F)(F)F)c(N=Nc3nnc(C(=O)OC(C)(C)C)s3)cc2CCC1C. The molecule has 0 spiro atoms. The average Bonchev–Trinajstić information content (AvgIpc) is 3.26. The number of esters is 1. The van der Waals surface area contributed by atoms with Crippen molar-refractivity contribution >= 4 is 49.5 Å². The summed E-state index contributed by atoms with van der Waals surface area (Å²) in [6.07, 6.45) is -1.73. The lowest BCUT2D eigenvalue weighted by Crippen LogP contribution is -2.44. The lowest BCUT2D eigenvalue weighted by Gasteiger charge is -2.42. The normalized spacial score (nSPS) is 16.6. The van der Waals surface area contributed by atoms with Crippen molar-refractivity contribution in [2.45, 2.75) is 91.1 Å². The molecule has 0 aliphatic carbocycles. The van der Waals surface area contributed by atoms with Gasteiger partial charge in [-0.2, -0.15) is 13.2 Å². The summed E-state index contributed by atoms with van der Waals surface area (Å²) < 4.78 is 71.0. The zero-order valence-electron chi connectivity index (χ0n) is 22.7. The fraction of sp³-hybridized carbons (Fsp3) is 0.625. The molecule has 0 radical (unpaired) electrons. The molecule has 1 unspecified atom stereocenters. The van der Waals surface area contributed by atoms with Crippen LogP contribution in [0.25, 0.3) is 0 Å². The Morgan fingerprint density at radius 2 is 1.87 bits per heavy atom. The van der Waals surface area contributed by atoms with E-state index in [1.807, 2.05) is 0 Å². The number of aromatic nitrogens is 2. The Hall–Kier alpha value is -2.81. The molecule has 1 atom stereocenters. The van der Waals surface area contributed by atoms with Gasteiger partial charge in [0.2, 0.25) is 15.0 Å². The van der Waals surface area contributed by atoms with E-state index in [9.17, 15) is 26.4 Å². The molecule has 0 bridgehead atoms. The number of hydrogen-bond acceptors (Lipinski definition) is 10. The number of carbonyl (C=O) groups excluding carboxylic acids is 1. The molecule has 15 heteroatoms. The van der Waals surface area contributed by atoms with Crippen LogP contribution in [0.4, 0.5) is 35.4 Å². The van der Waals surface area contributed by atoms with Crippen LogP contribution in [0, 0.1) is 0 Å². The first-order valence-corrected chi connectivity index (χ1v) is 15.0. The van der Waals surface area contributed by atoms with Crippen LogP contribution < -0.4 is 9.62 Å². The Labute approximate surface area is 230 Å². The Morgan fingerprint density at radius 3 is 2.46 bits per heavy atom. The minimum absolute atomic E-state index is 0.00930. The maximum Gasteiger partial charge on any atom is 0.404 e. The fourth-order valence-corrected chi connectivity index (χ4v) is 5.93. The van der Waals surface area contributed by atoms with E-state index in [1.165, 1.54) is 6.07 Å². The van der Waals surface area contributed by atoms with E-state index in [0.29, 0.717) is 6.42 Å². The van der Waals surface area contributed by atoms with Gasteiger partial charge in [0.25, 0.3) is 5.13 Å². The predicted octanol–water partition coefficient (Wildman–Crippen LogP) is 6.54. The highest BCUT2D eigenvalue weighted by atomic mass is 32.2. The van der Waals surface area contributed by atoms with Gasteiger partial charge in [0.05, 0.1) is 5.69 Å². The molecule has 0 saturated heterocycles. The third-order valence-corrected chi connectivity index (χ3v) is 7.99. The summed E-state index contributed by atoms with van der Waals surface area (Å²) in [7, 11) is -4.79. The Kier molecular flexibility index (Phi) is 9.25. The van der Waals surface area contributed by atoms with Crippen LogP contribution in [0.15, 0.2) is 22.4 Å². The molecule has 1 aromatic heterocycles. The fourth-order valence-electron chi connectivity index (χ4n) is 4.38. The highest BCUT2D eigenvalue weighted by Crippen LogP contribution is 2.41. The number of carbonyl (C=O) groups is 1. The number of alkyl halides is 3. The van der Waals surface area contributed by atoms with Crippen molar-refractivity contribution in [3.63, 3.8) is 0 Å². The lowest BCUT2D eigenvalue weighted by molar-refractivity contribution is -0.106. The Morgan fingerprint density at radius 1 is 1.21 bits per heavy atom. The topological polar surface area (TPSA) is 126 Å². The molecule has 1 N–H and O–H groups in total. The van der Waals surface area contributed by atoms with Gasteiger partial charge in [0, 0.05) is 17.8 Å². The van der Waals surface area contributed by atoms with Crippen molar-refractivity contribution in [1.29, 1.82) is 0 Å². The standard InChI is InChI=1S/C24H33F3N6O4S2/c1-7-16(8-2)33-14(3)9-10-15-11-17(18(12-19(15)33)32-39(35,36)13-24(25,26)27)28-30-22-31-29-20(38-22)21(34)37-23(4,5)6/h11-12,14,16,32H,7-10,13H2,1-6H3. The summed E-state index contributed by atoms with van der Waals surface area (Å²) in [5.74, 6) is -2.73. The van der Waals surface area contributed by atoms with E-state index in [-0.39, 0.29) is 33.6 Å². The van der Waals surface area contributed by atoms with Crippen LogP contribution in [0.5, 0.6) is 0 Å². The number of rotatable bonds is 9. The molecule has 39 heavy (non-hydrogen) atoms. The molecule has 216 valence electrons. The minimum Gasteiger partial charge on any atom is -0.455 e. The molecular formula is C24H33F3N6O4S2. The van der Waals surface area contributed by atoms with Crippen LogP contribution in [-0.2, 0) is 21.2 Å². The summed E-state index contributed by atoms with van der Waals surface area (Å²) >= 11 is 0.814. The highest BCUT2D eigenvalue weighted by Gasteiger charge is 2.36. The second-order valence-electron chi connectivity index (χ2n) is 10.3. The number of benzene rings is 1. The summed E-state index contributed by atoms with van der Waals surface area (Å²) in [5, 5.41) is 15.6. The van der Waals surface area contributed by atoms with E-state index in [2.05, 4.69) is 50.8 Å². The quantitative estimate of drug-likeness (QED) is 0.259.